The quantitative estimate of drug-likeness (QED) is 0.429. The minimum Gasteiger partial charge on any atom is -0.453 e. The molecular weight excluding hydrogens is 372 g/mol. The third-order valence-corrected chi connectivity index (χ3v) is 5.45. The number of benzene rings is 1. The zero-order valence-corrected chi connectivity index (χ0v) is 18.0. The molecule has 0 unspecified atom stereocenters. The lowest BCUT2D eigenvalue weighted by Crippen LogP contribution is -2.46. The Morgan fingerprint density at radius 3 is 2.10 bits per heavy atom. The number of nitrogens with zero attached hydrogens (tertiary/aromatic N) is 1. The molecule has 0 aliphatic carbocycles. The number of urea groups is 1. The van der Waals surface area contributed by atoms with Crippen molar-refractivity contribution in [1.29, 1.82) is 0 Å². The maximum absolute atomic E-state index is 12.6. The summed E-state index contributed by atoms with van der Waals surface area (Å²) in [7, 11) is 0. The van der Waals surface area contributed by atoms with Gasteiger partial charge in [-0.15, -0.1) is 0 Å². The van der Waals surface area contributed by atoms with Crippen LogP contribution < -0.4 is 5.32 Å². The van der Waals surface area contributed by atoms with E-state index in [-0.39, 0.29) is 11.2 Å². The Balaban J connectivity index is 2.01. The highest BCUT2D eigenvalue weighted by Gasteiger charge is 2.49. The molecule has 1 aliphatic heterocycles. The summed E-state index contributed by atoms with van der Waals surface area (Å²) >= 11 is 0. The third kappa shape index (κ3) is 4.66. The molecular formula is C22H30N2O5. The van der Waals surface area contributed by atoms with Crippen LogP contribution in [0.25, 0.3) is 0 Å². The van der Waals surface area contributed by atoms with Crippen molar-refractivity contribution >= 4 is 23.7 Å². The highest BCUT2D eigenvalue weighted by Crippen LogP contribution is 2.25. The highest BCUT2D eigenvalue weighted by molar-refractivity contribution is 6.08. The van der Waals surface area contributed by atoms with Crippen LogP contribution in [-0.4, -0.2) is 46.8 Å². The van der Waals surface area contributed by atoms with Crippen LogP contribution in [0.2, 0.25) is 0 Å². The Hall–Kier alpha value is -2.70. The van der Waals surface area contributed by atoms with Gasteiger partial charge in [-0.1, -0.05) is 58.9 Å². The predicted molar refractivity (Wildman–Crippen MR) is 109 cm³/mol. The molecule has 0 bridgehead atoms. The summed E-state index contributed by atoms with van der Waals surface area (Å²) in [4.78, 5) is 50.4. The molecule has 29 heavy (non-hydrogen) atoms. The third-order valence-electron chi connectivity index (χ3n) is 5.45. The molecule has 1 aromatic rings. The van der Waals surface area contributed by atoms with Crippen molar-refractivity contribution in [3.8, 4) is 0 Å². The summed E-state index contributed by atoms with van der Waals surface area (Å²) in [6.07, 6.45) is -0.163. The van der Waals surface area contributed by atoms with Gasteiger partial charge in [0, 0.05) is 5.56 Å². The summed E-state index contributed by atoms with van der Waals surface area (Å²) in [5.41, 5.74) is 0.513. The van der Waals surface area contributed by atoms with E-state index in [1.165, 1.54) is 6.92 Å². The lowest BCUT2D eigenvalue weighted by Gasteiger charge is -2.23. The number of hydrogen-bond donors (Lipinski definition) is 1. The van der Waals surface area contributed by atoms with Gasteiger partial charge in [-0.25, -0.2) is 4.79 Å². The van der Waals surface area contributed by atoms with Gasteiger partial charge in [-0.2, -0.15) is 0 Å². The van der Waals surface area contributed by atoms with Gasteiger partial charge in [0.25, 0.3) is 5.91 Å². The van der Waals surface area contributed by atoms with Gasteiger partial charge in [0.1, 0.15) is 12.1 Å². The Morgan fingerprint density at radius 2 is 1.66 bits per heavy atom. The number of esters is 1. The summed E-state index contributed by atoms with van der Waals surface area (Å²) in [5.74, 6) is -1.59. The van der Waals surface area contributed by atoms with Crippen molar-refractivity contribution < 1.29 is 23.9 Å². The van der Waals surface area contributed by atoms with Crippen LogP contribution in [0.4, 0.5) is 4.79 Å². The normalized spacial score (nSPS) is 17.1. The molecule has 1 atom stereocenters. The van der Waals surface area contributed by atoms with Crippen LogP contribution in [0.1, 0.15) is 70.3 Å². The van der Waals surface area contributed by atoms with E-state index < -0.39 is 36.1 Å². The first-order valence-corrected chi connectivity index (χ1v) is 9.93. The Labute approximate surface area is 171 Å². The van der Waals surface area contributed by atoms with Crippen molar-refractivity contribution in [3.05, 3.63) is 35.4 Å². The second kappa shape index (κ2) is 8.35. The smallest absolute Gasteiger partial charge is 0.326 e. The van der Waals surface area contributed by atoms with Gasteiger partial charge in [-0.05, 0) is 30.7 Å². The number of carbonyl (C=O) groups is 4. The number of rotatable bonds is 7. The van der Waals surface area contributed by atoms with E-state index in [2.05, 4.69) is 26.1 Å². The number of nitrogens with one attached hydrogen (secondary N) is 1. The van der Waals surface area contributed by atoms with Gasteiger partial charge in [0.05, 0.1) is 0 Å². The van der Waals surface area contributed by atoms with Crippen LogP contribution in [-0.2, 0) is 19.7 Å². The number of Topliss-reactive ketones (excluding diaryl/α,β-unsaturated/α-hetero) is 1. The van der Waals surface area contributed by atoms with Crippen LogP contribution in [0.15, 0.2) is 24.3 Å². The SMILES string of the molecule is CCC1(CC)NC(=O)N(CC(=O)O[C@H](C)C(=O)c2ccc(C(C)(C)C)cc2)C1=O. The van der Waals surface area contributed by atoms with Crippen LogP contribution >= 0.6 is 0 Å². The zero-order valence-electron chi connectivity index (χ0n) is 18.0. The molecule has 7 heteroatoms. The zero-order chi connectivity index (χ0) is 22.0. The summed E-state index contributed by atoms with van der Waals surface area (Å²) in [6.45, 7) is 10.8. The molecule has 1 heterocycles. The molecule has 0 aromatic heterocycles. The number of amides is 3. The molecule has 1 aromatic carbocycles. The van der Waals surface area contributed by atoms with E-state index in [1.807, 2.05) is 12.1 Å². The number of hydrogen-bond acceptors (Lipinski definition) is 5. The van der Waals surface area contributed by atoms with Gasteiger partial charge in [-0.3, -0.25) is 19.3 Å². The summed E-state index contributed by atoms with van der Waals surface area (Å²) < 4.78 is 5.20. The molecule has 158 valence electrons. The first kappa shape index (κ1) is 22.6. The molecule has 0 spiro atoms. The fraction of sp³-hybridized carbons (Fsp3) is 0.545. The molecule has 1 N–H and O–H groups in total. The van der Waals surface area contributed by atoms with Crippen molar-refractivity contribution in [2.45, 2.75) is 71.4 Å². The van der Waals surface area contributed by atoms with Crippen LogP contribution in [0.3, 0.4) is 0 Å². The Morgan fingerprint density at radius 1 is 1.10 bits per heavy atom. The fourth-order valence-corrected chi connectivity index (χ4v) is 3.34. The van der Waals surface area contributed by atoms with Gasteiger partial charge >= 0.3 is 12.0 Å². The molecule has 2 rings (SSSR count). The number of ether oxygens (including phenoxy) is 1. The lowest BCUT2D eigenvalue weighted by molar-refractivity contribution is -0.150. The van der Waals surface area contributed by atoms with Gasteiger partial charge in [0.2, 0.25) is 5.78 Å². The maximum atomic E-state index is 12.6. The van der Waals surface area contributed by atoms with Crippen LogP contribution in [0.5, 0.6) is 0 Å². The first-order chi connectivity index (χ1) is 13.4. The Bertz CT molecular complexity index is 803. The second-order valence-corrected chi connectivity index (χ2v) is 8.43. The monoisotopic (exact) mass is 402 g/mol. The molecule has 7 nitrogen and oxygen atoms in total. The van der Waals surface area contributed by atoms with Crippen LogP contribution in [0, 0.1) is 0 Å². The number of ketones is 1. The molecule has 1 saturated heterocycles. The number of imide groups is 1. The van der Waals surface area contributed by atoms with E-state index >= 15 is 0 Å². The minimum absolute atomic E-state index is 0.0330. The average Bonchev–Trinajstić information content (AvgIpc) is 2.91. The minimum atomic E-state index is -1.02. The van der Waals surface area contributed by atoms with E-state index in [0.29, 0.717) is 18.4 Å². The summed E-state index contributed by atoms with van der Waals surface area (Å²) in [6, 6.07) is 6.56. The van der Waals surface area contributed by atoms with E-state index in [4.69, 9.17) is 4.74 Å². The topological polar surface area (TPSA) is 92.8 Å². The lowest BCUT2D eigenvalue weighted by atomic mass is 9.86. The van der Waals surface area contributed by atoms with E-state index in [9.17, 15) is 19.2 Å². The summed E-state index contributed by atoms with van der Waals surface area (Å²) in [5, 5.41) is 2.65. The molecule has 0 radical (unpaired) electrons. The average molecular weight is 402 g/mol. The molecule has 1 fully saturated rings. The first-order valence-electron chi connectivity index (χ1n) is 9.93. The van der Waals surface area contributed by atoms with Crippen molar-refractivity contribution in [3.63, 3.8) is 0 Å². The largest absolute Gasteiger partial charge is 0.453 e. The Kier molecular flexibility index (Phi) is 6.50. The van der Waals surface area contributed by atoms with Crippen molar-refractivity contribution in [1.82, 2.24) is 10.2 Å². The number of carbonyl (C=O) groups excluding carboxylic acids is 4. The second-order valence-electron chi connectivity index (χ2n) is 8.43. The standard InChI is InChI=1S/C22H30N2O5/c1-7-22(8-2)19(27)24(20(28)23-22)13-17(25)29-14(3)18(26)15-9-11-16(12-10-15)21(4,5)6/h9-12,14H,7-8,13H2,1-6H3,(H,23,28)/t14-/m1/s1. The maximum Gasteiger partial charge on any atom is 0.326 e. The molecule has 1 aliphatic rings. The molecule has 0 saturated carbocycles. The predicted octanol–water partition coefficient (Wildman–Crippen LogP) is 3.21. The van der Waals surface area contributed by atoms with E-state index in [1.54, 1.807) is 26.0 Å². The molecule has 3 amide bonds. The van der Waals surface area contributed by atoms with Crippen molar-refractivity contribution in [2.24, 2.45) is 0 Å². The van der Waals surface area contributed by atoms with Gasteiger partial charge < -0.3 is 10.1 Å². The van der Waals surface area contributed by atoms with Crippen molar-refractivity contribution in [2.75, 3.05) is 6.54 Å². The van der Waals surface area contributed by atoms with E-state index in [0.717, 1.165) is 10.5 Å². The van der Waals surface area contributed by atoms with Gasteiger partial charge in [0.15, 0.2) is 6.10 Å². The highest BCUT2D eigenvalue weighted by atomic mass is 16.5. The fourth-order valence-electron chi connectivity index (χ4n) is 3.34.